The second kappa shape index (κ2) is 6.72. The number of hydrogen-bond acceptors (Lipinski definition) is 6. The first-order valence-corrected chi connectivity index (χ1v) is 7.36. The molecular weight excluding hydrogens is 260 g/mol. The third-order valence-corrected chi connectivity index (χ3v) is 4.01. The van der Waals surface area contributed by atoms with E-state index in [-0.39, 0.29) is 0 Å². The average Bonchev–Trinajstić information content (AvgIpc) is 3.00. The zero-order valence-corrected chi connectivity index (χ0v) is 12.5. The Morgan fingerprint density at radius 2 is 2.26 bits per heavy atom. The number of aromatic nitrogens is 5. The summed E-state index contributed by atoms with van der Waals surface area (Å²) in [6, 6.07) is 0. The van der Waals surface area contributed by atoms with Gasteiger partial charge in [0.25, 0.3) is 0 Å². The summed E-state index contributed by atoms with van der Waals surface area (Å²) < 4.78 is 1.76. The lowest BCUT2D eigenvalue weighted by molar-refractivity contribution is 0.307. The van der Waals surface area contributed by atoms with E-state index in [4.69, 9.17) is 0 Å². The Bertz CT molecular complexity index is 478. The van der Waals surface area contributed by atoms with Crippen LogP contribution in [0.2, 0.25) is 0 Å². The Kier molecular flexibility index (Phi) is 4.98. The maximum Gasteiger partial charge on any atom is 0.138 e. The van der Waals surface area contributed by atoms with Gasteiger partial charge >= 0.3 is 0 Å². The molecule has 0 bridgehead atoms. The smallest absolute Gasteiger partial charge is 0.138 e. The fraction of sp³-hybridized carbons (Fsp3) is 0.667. The molecule has 0 atom stereocenters. The minimum Gasteiger partial charge on any atom is -0.300 e. The van der Waals surface area contributed by atoms with Crippen molar-refractivity contribution in [3.8, 4) is 0 Å². The number of tetrazole rings is 1. The molecule has 0 aliphatic carbocycles. The van der Waals surface area contributed by atoms with Crippen LogP contribution in [-0.4, -0.2) is 43.7 Å². The first-order chi connectivity index (χ1) is 9.15. The molecule has 0 unspecified atom stereocenters. The third kappa shape index (κ3) is 4.36. The van der Waals surface area contributed by atoms with Crippen LogP contribution in [0.15, 0.2) is 11.7 Å². The van der Waals surface area contributed by atoms with Gasteiger partial charge in [-0.25, -0.2) is 9.67 Å². The number of nitrogens with zero attached hydrogens (tertiary/aromatic N) is 6. The van der Waals surface area contributed by atoms with Crippen LogP contribution in [0.25, 0.3) is 0 Å². The monoisotopic (exact) mass is 280 g/mol. The number of thiazole rings is 1. The van der Waals surface area contributed by atoms with Gasteiger partial charge in [-0.1, -0.05) is 13.8 Å². The highest BCUT2D eigenvalue weighted by atomic mass is 32.1. The van der Waals surface area contributed by atoms with Crippen LogP contribution in [0.4, 0.5) is 0 Å². The predicted molar refractivity (Wildman–Crippen MR) is 75.0 cm³/mol. The van der Waals surface area contributed by atoms with Crippen molar-refractivity contribution in [1.82, 2.24) is 30.1 Å². The summed E-state index contributed by atoms with van der Waals surface area (Å²) in [6.45, 7) is 7.12. The SMILES string of the molecule is CC(C)c1nc(CN(C)CCCn2cnnn2)cs1. The standard InChI is InChI=1S/C12H20N6S/c1-10(2)12-14-11(8-19-12)7-17(3)5-4-6-18-9-13-15-16-18/h8-10H,4-7H2,1-3H3. The number of hydrogen-bond donors (Lipinski definition) is 0. The van der Waals surface area contributed by atoms with Crippen molar-refractivity contribution in [2.45, 2.75) is 39.3 Å². The second-order valence-electron chi connectivity index (χ2n) is 5.00. The van der Waals surface area contributed by atoms with E-state index < -0.39 is 0 Å². The Labute approximate surface area is 117 Å². The van der Waals surface area contributed by atoms with Crippen LogP contribution in [-0.2, 0) is 13.1 Å². The van der Waals surface area contributed by atoms with Crippen molar-refractivity contribution in [2.75, 3.05) is 13.6 Å². The molecule has 0 saturated heterocycles. The molecular formula is C12H20N6S. The quantitative estimate of drug-likeness (QED) is 0.773. The van der Waals surface area contributed by atoms with E-state index in [1.165, 1.54) is 10.7 Å². The van der Waals surface area contributed by atoms with Crippen molar-refractivity contribution < 1.29 is 0 Å². The minimum absolute atomic E-state index is 0.517. The van der Waals surface area contributed by atoms with E-state index in [2.05, 4.69) is 51.7 Å². The normalized spacial score (nSPS) is 11.6. The average molecular weight is 280 g/mol. The molecule has 2 aromatic heterocycles. The molecule has 2 heterocycles. The molecule has 0 aliphatic heterocycles. The van der Waals surface area contributed by atoms with Gasteiger partial charge in [-0.15, -0.1) is 16.4 Å². The van der Waals surface area contributed by atoms with Gasteiger partial charge < -0.3 is 4.90 Å². The van der Waals surface area contributed by atoms with E-state index in [1.807, 2.05) is 0 Å². The van der Waals surface area contributed by atoms with E-state index in [9.17, 15) is 0 Å². The first-order valence-electron chi connectivity index (χ1n) is 6.48. The number of aryl methyl sites for hydroxylation is 1. The van der Waals surface area contributed by atoms with Crippen molar-refractivity contribution in [3.05, 3.63) is 22.4 Å². The molecule has 0 N–H and O–H groups in total. The lowest BCUT2D eigenvalue weighted by Crippen LogP contribution is -2.20. The van der Waals surface area contributed by atoms with Crippen LogP contribution in [0.1, 0.15) is 36.9 Å². The summed E-state index contributed by atoms with van der Waals surface area (Å²) in [4.78, 5) is 6.93. The molecule has 2 aromatic rings. The summed E-state index contributed by atoms with van der Waals surface area (Å²) in [5.74, 6) is 0.517. The Hall–Kier alpha value is -1.34. The molecule has 104 valence electrons. The molecule has 7 heteroatoms. The third-order valence-electron chi connectivity index (χ3n) is 2.81. The summed E-state index contributed by atoms with van der Waals surface area (Å²) >= 11 is 1.75. The molecule has 0 aromatic carbocycles. The van der Waals surface area contributed by atoms with Gasteiger partial charge in [0.05, 0.1) is 10.7 Å². The lowest BCUT2D eigenvalue weighted by Gasteiger charge is -2.14. The van der Waals surface area contributed by atoms with Crippen molar-refractivity contribution in [1.29, 1.82) is 0 Å². The molecule has 0 spiro atoms. The maximum atomic E-state index is 4.65. The van der Waals surface area contributed by atoms with Gasteiger partial charge in [0.1, 0.15) is 6.33 Å². The van der Waals surface area contributed by atoms with Crippen LogP contribution in [0.3, 0.4) is 0 Å². The van der Waals surface area contributed by atoms with Crippen LogP contribution < -0.4 is 0 Å². The fourth-order valence-electron chi connectivity index (χ4n) is 1.80. The van der Waals surface area contributed by atoms with E-state index in [0.717, 1.165) is 26.1 Å². The van der Waals surface area contributed by atoms with Crippen molar-refractivity contribution >= 4 is 11.3 Å². The molecule has 0 aliphatic rings. The molecule has 19 heavy (non-hydrogen) atoms. The molecule has 0 radical (unpaired) electrons. The molecule has 0 fully saturated rings. The number of rotatable bonds is 7. The van der Waals surface area contributed by atoms with Gasteiger partial charge in [-0.3, -0.25) is 0 Å². The lowest BCUT2D eigenvalue weighted by atomic mass is 10.2. The fourth-order valence-corrected chi connectivity index (χ4v) is 2.63. The highest BCUT2D eigenvalue weighted by Gasteiger charge is 2.07. The zero-order valence-electron chi connectivity index (χ0n) is 11.7. The summed E-state index contributed by atoms with van der Waals surface area (Å²) in [7, 11) is 2.12. The highest BCUT2D eigenvalue weighted by molar-refractivity contribution is 7.09. The molecule has 0 amide bonds. The molecule has 6 nitrogen and oxygen atoms in total. The molecule has 0 saturated carbocycles. The van der Waals surface area contributed by atoms with E-state index >= 15 is 0 Å². The maximum absolute atomic E-state index is 4.65. The van der Waals surface area contributed by atoms with Crippen LogP contribution >= 0.6 is 11.3 Å². The van der Waals surface area contributed by atoms with Gasteiger partial charge in [0, 0.05) is 30.9 Å². The summed E-state index contributed by atoms with van der Waals surface area (Å²) in [5, 5.41) is 14.5. The van der Waals surface area contributed by atoms with Gasteiger partial charge in [-0.05, 0) is 23.9 Å². The zero-order chi connectivity index (χ0) is 13.7. The highest BCUT2D eigenvalue weighted by Crippen LogP contribution is 2.19. The first kappa shape index (κ1) is 14.1. The topological polar surface area (TPSA) is 59.7 Å². The van der Waals surface area contributed by atoms with Gasteiger partial charge in [0.2, 0.25) is 0 Å². The Morgan fingerprint density at radius 3 is 2.89 bits per heavy atom. The van der Waals surface area contributed by atoms with E-state index in [1.54, 1.807) is 22.3 Å². The summed E-state index contributed by atoms with van der Waals surface area (Å²) in [5.41, 5.74) is 1.17. The van der Waals surface area contributed by atoms with E-state index in [0.29, 0.717) is 5.92 Å². The van der Waals surface area contributed by atoms with Gasteiger partial charge in [-0.2, -0.15) is 0 Å². The van der Waals surface area contributed by atoms with Crippen LogP contribution in [0, 0.1) is 0 Å². The predicted octanol–water partition coefficient (Wildman–Crippen LogP) is 1.78. The van der Waals surface area contributed by atoms with Crippen LogP contribution in [0.5, 0.6) is 0 Å². The van der Waals surface area contributed by atoms with Gasteiger partial charge in [0.15, 0.2) is 0 Å². The Balaban J connectivity index is 1.72. The van der Waals surface area contributed by atoms with Crippen molar-refractivity contribution in [3.63, 3.8) is 0 Å². The second-order valence-corrected chi connectivity index (χ2v) is 5.89. The molecule has 2 rings (SSSR count). The van der Waals surface area contributed by atoms with Crippen molar-refractivity contribution in [2.24, 2.45) is 0 Å². The largest absolute Gasteiger partial charge is 0.300 e. The Morgan fingerprint density at radius 1 is 1.42 bits per heavy atom. The summed E-state index contributed by atoms with van der Waals surface area (Å²) in [6.07, 6.45) is 2.68. The minimum atomic E-state index is 0.517.